The van der Waals surface area contributed by atoms with Crippen molar-refractivity contribution in [3.05, 3.63) is 81.2 Å². The lowest BCUT2D eigenvalue weighted by atomic mass is 10.1. The molecule has 23 heavy (non-hydrogen) atoms. The topological polar surface area (TPSA) is 94.1 Å². The summed E-state index contributed by atoms with van der Waals surface area (Å²) in [6.07, 6.45) is 5.63. The molecular formula is C15H11ClN4O3. The van der Waals surface area contributed by atoms with E-state index in [0.717, 1.165) is 11.3 Å². The van der Waals surface area contributed by atoms with Crippen molar-refractivity contribution >= 4 is 22.9 Å². The number of nitro benzene ring substituents is 1. The van der Waals surface area contributed by atoms with E-state index in [1.54, 1.807) is 18.3 Å². The Morgan fingerprint density at radius 2 is 2.22 bits per heavy atom. The van der Waals surface area contributed by atoms with Crippen LogP contribution >= 0.6 is 11.6 Å². The van der Waals surface area contributed by atoms with Gasteiger partial charge in [0.1, 0.15) is 5.02 Å². The summed E-state index contributed by atoms with van der Waals surface area (Å²) in [4.78, 5) is 14.7. The third-order valence-electron chi connectivity index (χ3n) is 3.17. The smallest absolute Gasteiger partial charge is 0.288 e. The zero-order chi connectivity index (χ0) is 16.4. The summed E-state index contributed by atoms with van der Waals surface area (Å²) < 4.78 is 5.19. The van der Waals surface area contributed by atoms with Crippen molar-refractivity contribution < 1.29 is 9.45 Å². The Labute approximate surface area is 136 Å². The maximum atomic E-state index is 10.9. The fraction of sp³-hybridized carbons (Fsp3) is 0.0667. The third kappa shape index (κ3) is 3.29. The summed E-state index contributed by atoms with van der Waals surface area (Å²) in [5.74, 6) is 0.787. The van der Waals surface area contributed by atoms with Gasteiger partial charge >= 0.3 is 0 Å². The lowest BCUT2D eigenvalue weighted by Crippen LogP contribution is -2.06. The molecule has 1 aromatic heterocycles. The number of aromatic nitrogens is 2. The van der Waals surface area contributed by atoms with Gasteiger partial charge in [-0.05, 0) is 23.8 Å². The zero-order valence-corrected chi connectivity index (χ0v) is 12.6. The quantitative estimate of drug-likeness (QED) is 0.683. The van der Waals surface area contributed by atoms with E-state index >= 15 is 0 Å². The first-order chi connectivity index (χ1) is 11.0. The molecule has 116 valence electrons. The molecule has 2 heterocycles. The minimum Gasteiger partial charge on any atom is -0.361 e. The van der Waals surface area contributed by atoms with E-state index in [-0.39, 0.29) is 17.1 Å². The van der Waals surface area contributed by atoms with Crippen LogP contribution in [0.3, 0.4) is 0 Å². The van der Waals surface area contributed by atoms with Gasteiger partial charge in [-0.3, -0.25) is 10.1 Å². The Morgan fingerprint density at radius 1 is 1.39 bits per heavy atom. The number of rotatable bonds is 4. The molecule has 0 bridgehead atoms. The van der Waals surface area contributed by atoms with Gasteiger partial charge in [0.05, 0.1) is 11.3 Å². The van der Waals surface area contributed by atoms with Gasteiger partial charge in [0.15, 0.2) is 0 Å². The molecule has 0 atom stereocenters. The highest BCUT2D eigenvalue weighted by Crippen LogP contribution is 2.26. The number of benzene rings is 1. The van der Waals surface area contributed by atoms with Crippen LogP contribution in [0.15, 0.2) is 53.4 Å². The van der Waals surface area contributed by atoms with E-state index in [0.29, 0.717) is 17.3 Å². The maximum absolute atomic E-state index is 10.9. The minimum absolute atomic E-state index is 0.0915. The molecule has 1 aliphatic rings. The van der Waals surface area contributed by atoms with Gasteiger partial charge in [0, 0.05) is 23.5 Å². The predicted molar refractivity (Wildman–Crippen MR) is 84.6 cm³/mol. The summed E-state index contributed by atoms with van der Waals surface area (Å²) in [6.45, 7) is 3.76. The van der Waals surface area contributed by atoms with Crippen LogP contribution in [0, 0.1) is 10.1 Å². The van der Waals surface area contributed by atoms with Crippen LogP contribution in [-0.4, -0.2) is 15.1 Å². The average Bonchev–Trinajstić information content (AvgIpc) is 2.98. The van der Waals surface area contributed by atoms with Crippen LogP contribution in [0.5, 0.6) is 0 Å². The Morgan fingerprint density at radius 3 is 2.91 bits per heavy atom. The number of nitro groups is 1. The van der Waals surface area contributed by atoms with Gasteiger partial charge in [0.2, 0.25) is 11.7 Å². The lowest BCUT2D eigenvalue weighted by molar-refractivity contribution is -0.384. The van der Waals surface area contributed by atoms with E-state index < -0.39 is 4.92 Å². The number of halogens is 1. The largest absolute Gasteiger partial charge is 0.361 e. The molecule has 0 amide bonds. The number of nitrogens with one attached hydrogen (secondary N) is 1. The van der Waals surface area contributed by atoms with Crippen LogP contribution < -0.4 is 5.32 Å². The number of nitrogens with zero attached hydrogens (tertiary/aromatic N) is 3. The number of hydrogen-bond donors (Lipinski definition) is 1. The fourth-order valence-corrected chi connectivity index (χ4v) is 2.21. The number of allylic oxidation sites excluding steroid dienone is 3. The first-order valence-corrected chi connectivity index (χ1v) is 7.00. The van der Waals surface area contributed by atoms with E-state index in [9.17, 15) is 10.1 Å². The Kier molecular flexibility index (Phi) is 3.94. The second-order valence-electron chi connectivity index (χ2n) is 4.83. The Bertz CT molecular complexity index is 854. The van der Waals surface area contributed by atoms with Crippen molar-refractivity contribution in [2.75, 3.05) is 0 Å². The molecule has 0 unspecified atom stereocenters. The first kappa shape index (κ1) is 15.0. The van der Waals surface area contributed by atoms with E-state index in [1.165, 1.54) is 12.1 Å². The van der Waals surface area contributed by atoms with Crippen LogP contribution in [0.4, 0.5) is 5.69 Å². The van der Waals surface area contributed by atoms with Crippen LogP contribution in [0.25, 0.3) is 5.57 Å². The van der Waals surface area contributed by atoms with Crippen molar-refractivity contribution in [1.29, 1.82) is 0 Å². The van der Waals surface area contributed by atoms with Crippen molar-refractivity contribution in [1.82, 2.24) is 15.5 Å². The van der Waals surface area contributed by atoms with E-state index in [1.807, 2.05) is 6.08 Å². The van der Waals surface area contributed by atoms with Gasteiger partial charge in [-0.1, -0.05) is 29.4 Å². The molecular weight excluding hydrogens is 320 g/mol. The molecule has 2 aromatic rings. The van der Waals surface area contributed by atoms with Gasteiger partial charge in [-0.2, -0.15) is 4.98 Å². The van der Waals surface area contributed by atoms with Crippen LogP contribution in [0.2, 0.25) is 5.02 Å². The average molecular weight is 331 g/mol. The predicted octanol–water partition coefficient (Wildman–Crippen LogP) is 3.24. The Hall–Kier alpha value is -2.93. The van der Waals surface area contributed by atoms with Gasteiger partial charge in [0.25, 0.3) is 5.69 Å². The summed E-state index contributed by atoms with van der Waals surface area (Å²) >= 11 is 5.79. The SMILES string of the molecule is C=C1C=CC(c2noc(Cc3ccc(Cl)c([N+](=O)[O-])c3)n2)=CN1. The number of hydrogen-bond acceptors (Lipinski definition) is 6. The molecule has 0 fully saturated rings. The van der Waals surface area contributed by atoms with Crippen molar-refractivity contribution in [3.63, 3.8) is 0 Å². The van der Waals surface area contributed by atoms with Crippen LogP contribution in [0.1, 0.15) is 17.3 Å². The van der Waals surface area contributed by atoms with E-state index in [2.05, 4.69) is 22.0 Å². The summed E-state index contributed by atoms with van der Waals surface area (Å²) in [6, 6.07) is 4.57. The maximum Gasteiger partial charge on any atom is 0.288 e. The van der Waals surface area contributed by atoms with E-state index in [4.69, 9.17) is 16.1 Å². The molecule has 8 heteroatoms. The monoisotopic (exact) mass is 330 g/mol. The molecule has 7 nitrogen and oxygen atoms in total. The molecule has 1 aromatic carbocycles. The summed E-state index contributed by atoms with van der Waals surface area (Å²) in [5.41, 5.74) is 2.04. The van der Waals surface area contributed by atoms with Crippen molar-refractivity contribution in [2.24, 2.45) is 0 Å². The Balaban J connectivity index is 1.80. The van der Waals surface area contributed by atoms with Crippen LogP contribution in [-0.2, 0) is 6.42 Å². The van der Waals surface area contributed by atoms with Gasteiger partial charge in [-0.25, -0.2) is 0 Å². The summed E-state index contributed by atoms with van der Waals surface area (Å²) in [5, 5.41) is 17.9. The fourth-order valence-electron chi connectivity index (χ4n) is 2.02. The first-order valence-electron chi connectivity index (χ1n) is 6.62. The standard InChI is InChI=1S/C15H11ClN4O3/c1-9-2-4-11(8-17-9)15-18-14(23-19-15)7-10-3-5-12(16)13(6-10)20(21)22/h2-6,8,17H,1,7H2. The highest BCUT2D eigenvalue weighted by atomic mass is 35.5. The summed E-state index contributed by atoms with van der Waals surface area (Å²) in [7, 11) is 0. The zero-order valence-electron chi connectivity index (χ0n) is 11.8. The molecule has 0 saturated heterocycles. The molecule has 1 aliphatic heterocycles. The highest BCUT2D eigenvalue weighted by Gasteiger charge is 2.16. The molecule has 0 saturated carbocycles. The van der Waals surface area contributed by atoms with Crippen molar-refractivity contribution in [2.45, 2.75) is 6.42 Å². The second-order valence-corrected chi connectivity index (χ2v) is 5.24. The minimum atomic E-state index is -0.527. The third-order valence-corrected chi connectivity index (χ3v) is 3.49. The second kappa shape index (κ2) is 6.05. The molecule has 1 N–H and O–H groups in total. The normalized spacial score (nSPS) is 13.6. The van der Waals surface area contributed by atoms with Crippen molar-refractivity contribution in [3.8, 4) is 0 Å². The van der Waals surface area contributed by atoms with Gasteiger partial charge < -0.3 is 9.84 Å². The molecule has 0 radical (unpaired) electrons. The lowest BCUT2D eigenvalue weighted by Gasteiger charge is -2.06. The molecule has 0 aliphatic carbocycles. The molecule has 3 rings (SSSR count). The molecule has 0 spiro atoms. The van der Waals surface area contributed by atoms with Gasteiger partial charge in [-0.15, -0.1) is 0 Å². The highest BCUT2D eigenvalue weighted by molar-refractivity contribution is 6.32. The number of dihydropyridines is 1.